The third kappa shape index (κ3) is 3.82. The molecule has 2 heterocycles. The van der Waals surface area contributed by atoms with Gasteiger partial charge in [0, 0.05) is 17.5 Å². The number of hydrogen-bond acceptors (Lipinski definition) is 4. The number of carbonyl (C=O) groups is 1. The van der Waals surface area contributed by atoms with Crippen LogP contribution in [0, 0.1) is 6.92 Å². The first kappa shape index (κ1) is 19.7. The molecule has 0 saturated carbocycles. The van der Waals surface area contributed by atoms with Gasteiger partial charge in [-0.2, -0.15) is 5.10 Å². The third-order valence-corrected chi connectivity index (χ3v) is 5.24. The van der Waals surface area contributed by atoms with Crippen LogP contribution in [0.2, 0.25) is 5.02 Å². The van der Waals surface area contributed by atoms with Crippen LogP contribution >= 0.6 is 35.3 Å². The van der Waals surface area contributed by atoms with Gasteiger partial charge in [-0.05, 0) is 39.0 Å². The molecule has 5 nitrogen and oxygen atoms in total. The second-order valence-electron chi connectivity index (χ2n) is 6.32. The molecule has 1 aromatic carbocycles. The van der Waals surface area contributed by atoms with E-state index in [1.165, 1.54) is 11.3 Å². The minimum absolute atomic E-state index is 0. The smallest absolute Gasteiger partial charge is 0.261 e. The summed E-state index contributed by atoms with van der Waals surface area (Å²) in [7, 11) is 0. The van der Waals surface area contributed by atoms with Crippen LogP contribution < -0.4 is 11.1 Å². The molecule has 0 radical (unpaired) electrons. The van der Waals surface area contributed by atoms with Gasteiger partial charge in [-0.25, -0.2) is 4.68 Å². The number of halogens is 2. The summed E-state index contributed by atoms with van der Waals surface area (Å²) in [5, 5.41) is 9.09. The first-order valence-corrected chi connectivity index (χ1v) is 8.78. The number of nitrogens with two attached hydrogens (primary N) is 1. The van der Waals surface area contributed by atoms with Gasteiger partial charge in [0.05, 0.1) is 21.3 Å². The average molecular weight is 399 g/mol. The maximum absolute atomic E-state index is 12.5. The molecule has 25 heavy (non-hydrogen) atoms. The molecule has 3 aromatic rings. The lowest BCUT2D eigenvalue weighted by molar-refractivity contribution is 0.0920. The van der Waals surface area contributed by atoms with Crippen LogP contribution in [-0.2, 0) is 0 Å². The zero-order chi connectivity index (χ0) is 17.5. The second kappa shape index (κ2) is 7.33. The van der Waals surface area contributed by atoms with Gasteiger partial charge in [0.1, 0.15) is 4.83 Å². The van der Waals surface area contributed by atoms with Gasteiger partial charge < -0.3 is 11.1 Å². The van der Waals surface area contributed by atoms with Gasteiger partial charge in [0.25, 0.3) is 5.91 Å². The van der Waals surface area contributed by atoms with Crippen LogP contribution in [0.25, 0.3) is 15.9 Å². The Bertz CT molecular complexity index is 917. The zero-order valence-electron chi connectivity index (χ0n) is 14.2. The monoisotopic (exact) mass is 398 g/mol. The van der Waals surface area contributed by atoms with Crippen LogP contribution in [0.15, 0.2) is 30.3 Å². The van der Waals surface area contributed by atoms with E-state index in [-0.39, 0.29) is 18.3 Å². The number of amides is 1. The van der Waals surface area contributed by atoms with E-state index in [2.05, 4.69) is 10.4 Å². The maximum Gasteiger partial charge on any atom is 0.261 e. The van der Waals surface area contributed by atoms with Crippen molar-refractivity contribution in [3.05, 3.63) is 45.9 Å². The lowest BCUT2D eigenvalue weighted by Crippen LogP contribution is -2.48. The zero-order valence-corrected chi connectivity index (χ0v) is 16.6. The normalized spacial score (nSPS) is 11.4. The molecule has 0 fully saturated rings. The molecule has 3 N–H and O–H groups in total. The Morgan fingerprint density at radius 2 is 2.08 bits per heavy atom. The van der Waals surface area contributed by atoms with Gasteiger partial charge in [-0.15, -0.1) is 23.7 Å². The average Bonchev–Trinajstić information content (AvgIpc) is 3.09. The molecule has 0 atom stereocenters. The molecule has 0 saturated heterocycles. The van der Waals surface area contributed by atoms with Crippen LogP contribution in [0.1, 0.15) is 29.2 Å². The quantitative estimate of drug-likeness (QED) is 0.698. The summed E-state index contributed by atoms with van der Waals surface area (Å²) in [5.41, 5.74) is 6.90. The Labute approximate surface area is 161 Å². The van der Waals surface area contributed by atoms with E-state index < -0.39 is 5.54 Å². The van der Waals surface area contributed by atoms with E-state index in [1.54, 1.807) is 4.68 Å². The van der Waals surface area contributed by atoms with Crippen molar-refractivity contribution in [3.8, 4) is 5.69 Å². The number of aromatic nitrogens is 2. The summed E-state index contributed by atoms with van der Waals surface area (Å²) >= 11 is 7.69. The fraction of sp³-hybridized carbons (Fsp3) is 0.294. The molecule has 0 aliphatic heterocycles. The maximum atomic E-state index is 12.5. The van der Waals surface area contributed by atoms with Crippen molar-refractivity contribution in [2.45, 2.75) is 26.3 Å². The molecule has 8 heteroatoms. The van der Waals surface area contributed by atoms with Crippen molar-refractivity contribution >= 4 is 51.5 Å². The molecular weight excluding hydrogens is 379 g/mol. The van der Waals surface area contributed by atoms with Gasteiger partial charge in [-0.1, -0.05) is 23.7 Å². The highest BCUT2D eigenvalue weighted by molar-refractivity contribution is 7.20. The first-order valence-electron chi connectivity index (χ1n) is 7.59. The van der Waals surface area contributed by atoms with Crippen LogP contribution in [0.3, 0.4) is 0 Å². The molecule has 2 aromatic heterocycles. The second-order valence-corrected chi connectivity index (χ2v) is 7.76. The molecule has 0 bridgehead atoms. The van der Waals surface area contributed by atoms with Crippen molar-refractivity contribution in [3.63, 3.8) is 0 Å². The number of para-hydroxylation sites is 1. The highest BCUT2D eigenvalue weighted by atomic mass is 35.5. The van der Waals surface area contributed by atoms with Crippen molar-refractivity contribution in [1.82, 2.24) is 15.1 Å². The summed E-state index contributed by atoms with van der Waals surface area (Å²) in [5.74, 6) is -0.128. The van der Waals surface area contributed by atoms with Gasteiger partial charge >= 0.3 is 0 Å². The summed E-state index contributed by atoms with van der Waals surface area (Å²) < 4.78 is 1.79. The van der Waals surface area contributed by atoms with Crippen LogP contribution in [-0.4, -0.2) is 27.8 Å². The van der Waals surface area contributed by atoms with E-state index in [0.29, 0.717) is 16.4 Å². The van der Waals surface area contributed by atoms with E-state index >= 15 is 0 Å². The fourth-order valence-corrected chi connectivity index (χ4v) is 3.65. The minimum atomic E-state index is -0.447. The lowest BCUT2D eigenvalue weighted by atomic mass is 10.1. The van der Waals surface area contributed by atoms with Gasteiger partial charge in [0.2, 0.25) is 0 Å². The Balaban J connectivity index is 0.00000225. The Morgan fingerprint density at radius 3 is 2.72 bits per heavy atom. The largest absolute Gasteiger partial charge is 0.345 e. The summed E-state index contributed by atoms with van der Waals surface area (Å²) in [6.07, 6.45) is 0. The van der Waals surface area contributed by atoms with Crippen molar-refractivity contribution in [2.75, 3.05) is 6.54 Å². The summed E-state index contributed by atoms with van der Waals surface area (Å²) in [6.45, 7) is 6.09. The number of nitrogens with zero attached hydrogens (tertiary/aromatic N) is 2. The number of rotatable bonds is 4. The Kier molecular flexibility index (Phi) is 5.79. The number of thiophene rings is 1. The highest BCUT2D eigenvalue weighted by Crippen LogP contribution is 2.32. The molecule has 134 valence electrons. The van der Waals surface area contributed by atoms with Crippen molar-refractivity contribution < 1.29 is 4.79 Å². The SMILES string of the molecule is Cc1nn(-c2ccccc2Cl)c2sc(C(=O)NC(C)(C)CN)cc12.Cl. The minimum Gasteiger partial charge on any atom is -0.345 e. The molecule has 1 amide bonds. The van der Waals surface area contributed by atoms with Crippen molar-refractivity contribution in [1.29, 1.82) is 0 Å². The topological polar surface area (TPSA) is 72.9 Å². The standard InChI is InChI=1S/C17H19ClN4OS.ClH/c1-10-11-8-14(15(23)20-17(2,3)9-19)24-16(11)22(21-10)13-7-5-4-6-12(13)18;/h4-8H,9,19H2,1-3H3,(H,20,23);1H. The number of fused-ring (bicyclic) bond motifs is 1. The van der Waals surface area contributed by atoms with E-state index in [4.69, 9.17) is 17.3 Å². The molecule has 0 aliphatic rings. The van der Waals surface area contributed by atoms with E-state index in [1.807, 2.05) is 51.1 Å². The Hall–Kier alpha value is -1.60. The lowest BCUT2D eigenvalue weighted by Gasteiger charge is -2.23. The number of carbonyl (C=O) groups excluding carboxylic acids is 1. The van der Waals surface area contributed by atoms with Gasteiger partial charge in [0.15, 0.2) is 0 Å². The highest BCUT2D eigenvalue weighted by Gasteiger charge is 2.22. The van der Waals surface area contributed by atoms with Gasteiger partial charge in [-0.3, -0.25) is 4.79 Å². The number of hydrogen-bond donors (Lipinski definition) is 2. The van der Waals surface area contributed by atoms with Crippen molar-refractivity contribution in [2.24, 2.45) is 5.73 Å². The molecule has 0 aliphatic carbocycles. The van der Waals surface area contributed by atoms with E-state index in [0.717, 1.165) is 21.6 Å². The predicted molar refractivity (Wildman–Crippen MR) is 107 cm³/mol. The third-order valence-electron chi connectivity index (χ3n) is 3.81. The number of aryl methyl sites for hydroxylation is 1. The Morgan fingerprint density at radius 1 is 1.40 bits per heavy atom. The first-order chi connectivity index (χ1) is 11.3. The van der Waals surface area contributed by atoms with Crippen LogP contribution in [0.4, 0.5) is 0 Å². The summed E-state index contributed by atoms with van der Waals surface area (Å²) in [6, 6.07) is 9.39. The summed E-state index contributed by atoms with van der Waals surface area (Å²) in [4.78, 5) is 14.0. The molecule has 0 unspecified atom stereocenters. The molecule has 0 spiro atoms. The number of benzene rings is 1. The predicted octanol–water partition coefficient (Wildman–Crippen LogP) is 3.94. The fourth-order valence-electron chi connectivity index (χ4n) is 2.37. The molecule has 3 rings (SSSR count). The van der Waals surface area contributed by atoms with E-state index in [9.17, 15) is 4.79 Å². The number of nitrogens with one attached hydrogen (secondary N) is 1. The molecular formula is C17H20Cl2N4OS. The van der Waals surface area contributed by atoms with Crippen LogP contribution in [0.5, 0.6) is 0 Å².